The van der Waals surface area contributed by atoms with E-state index < -0.39 is 11.6 Å². The summed E-state index contributed by atoms with van der Waals surface area (Å²) in [6.45, 7) is 1.97. The summed E-state index contributed by atoms with van der Waals surface area (Å²) in [6.07, 6.45) is 3.70. The van der Waals surface area contributed by atoms with Gasteiger partial charge in [0.1, 0.15) is 0 Å². The summed E-state index contributed by atoms with van der Waals surface area (Å²) in [5.74, 6) is -1.42. The Morgan fingerprint density at radius 3 is 2.83 bits per heavy atom. The Hall–Kier alpha value is -1.53. The standard InChI is InChI=1S/C18H25F2N3O/c19-15-5-4-11(8-16(15)20)13-6-7-22-10-17(13)23-18(24)14-3-1-2-12(14)9-21/h4-5,8,12-14,17,22H,1-3,6-7,9-10,21H2,(H,23,24)/t12-,13?,14-,17?/m1/s1. The normalized spacial score (nSPS) is 30.3. The molecule has 4 nitrogen and oxygen atoms in total. The lowest BCUT2D eigenvalue weighted by atomic mass is 9.85. The molecule has 0 bridgehead atoms. The summed E-state index contributed by atoms with van der Waals surface area (Å²) in [7, 11) is 0. The third-order valence-electron chi connectivity index (χ3n) is 5.48. The van der Waals surface area contributed by atoms with Gasteiger partial charge in [0.05, 0.1) is 0 Å². The van der Waals surface area contributed by atoms with Gasteiger partial charge in [0, 0.05) is 24.4 Å². The first kappa shape index (κ1) is 17.3. The molecule has 1 aromatic rings. The zero-order valence-electron chi connectivity index (χ0n) is 13.7. The average molecular weight is 337 g/mol. The molecule has 0 spiro atoms. The lowest BCUT2D eigenvalue weighted by Gasteiger charge is -2.34. The summed E-state index contributed by atoms with van der Waals surface area (Å²) < 4.78 is 26.8. The van der Waals surface area contributed by atoms with Gasteiger partial charge in [-0.3, -0.25) is 4.79 Å². The van der Waals surface area contributed by atoms with Crippen molar-refractivity contribution >= 4 is 5.91 Å². The number of amides is 1. The molecule has 2 fully saturated rings. The van der Waals surface area contributed by atoms with E-state index in [0.717, 1.165) is 43.9 Å². The first-order valence-corrected chi connectivity index (χ1v) is 8.76. The van der Waals surface area contributed by atoms with E-state index in [1.807, 2.05) is 0 Å². The van der Waals surface area contributed by atoms with Crippen LogP contribution >= 0.6 is 0 Å². The van der Waals surface area contributed by atoms with Crippen molar-refractivity contribution in [3.63, 3.8) is 0 Å². The highest BCUT2D eigenvalue weighted by atomic mass is 19.2. The van der Waals surface area contributed by atoms with Crippen LogP contribution in [0.1, 0.15) is 37.2 Å². The van der Waals surface area contributed by atoms with Crippen LogP contribution in [0.25, 0.3) is 0 Å². The Bertz CT molecular complexity index is 596. The van der Waals surface area contributed by atoms with Crippen LogP contribution in [0, 0.1) is 23.5 Å². The van der Waals surface area contributed by atoms with Crippen LogP contribution in [0.4, 0.5) is 8.78 Å². The molecule has 2 aliphatic rings. The highest BCUT2D eigenvalue weighted by molar-refractivity contribution is 5.79. The summed E-state index contributed by atoms with van der Waals surface area (Å²) in [4.78, 5) is 12.7. The minimum atomic E-state index is -0.843. The molecule has 1 aliphatic carbocycles. The quantitative estimate of drug-likeness (QED) is 0.786. The van der Waals surface area contributed by atoms with E-state index in [2.05, 4.69) is 10.6 Å². The van der Waals surface area contributed by atoms with Crippen molar-refractivity contribution in [1.29, 1.82) is 0 Å². The lowest BCUT2D eigenvalue weighted by Crippen LogP contribution is -2.52. The minimum absolute atomic E-state index is 0.0111. The number of hydrogen-bond donors (Lipinski definition) is 3. The second-order valence-corrected chi connectivity index (χ2v) is 6.92. The number of benzene rings is 1. The van der Waals surface area contributed by atoms with Gasteiger partial charge in [-0.2, -0.15) is 0 Å². The zero-order valence-corrected chi connectivity index (χ0v) is 13.7. The molecule has 1 amide bonds. The zero-order chi connectivity index (χ0) is 17.1. The maximum atomic E-state index is 13.6. The maximum absolute atomic E-state index is 13.6. The Morgan fingerprint density at radius 1 is 1.25 bits per heavy atom. The largest absolute Gasteiger partial charge is 0.351 e. The van der Waals surface area contributed by atoms with Crippen LogP contribution in [0.3, 0.4) is 0 Å². The van der Waals surface area contributed by atoms with Gasteiger partial charge in [-0.05, 0) is 56.0 Å². The van der Waals surface area contributed by atoms with E-state index in [4.69, 9.17) is 5.73 Å². The van der Waals surface area contributed by atoms with Gasteiger partial charge in [0.25, 0.3) is 0 Å². The molecule has 1 aliphatic heterocycles. The summed E-state index contributed by atoms with van der Waals surface area (Å²) in [6, 6.07) is 3.91. The van der Waals surface area contributed by atoms with Gasteiger partial charge in [-0.15, -0.1) is 0 Å². The van der Waals surface area contributed by atoms with Gasteiger partial charge in [0.2, 0.25) is 5.91 Å². The lowest BCUT2D eigenvalue weighted by molar-refractivity contribution is -0.127. The number of halogens is 2. The molecule has 1 aromatic carbocycles. The third kappa shape index (κ3) is 3.59. The number of carbonyl (C=O) groups is 1. The van der Waals surface area contributed by atoms with Crippen molar-refractivity contribution in [3.05, 3.63) is 35.4 Å². The van der Waals surface area contributed by atoms with Crippen LogP contribution in [0.15, 0.2) is 18.2 Å². The van der Waals surface area contributed by atoms with Crippen molar-refractivity contribution < 1.29 is 13.6 Å². The van der Waals surface area contributed by atoms with Crippen LogP contribution in [-0.2, 0) is 4.79 Å². The maximum Gasteiger partial charge on any atom is 0.223 e. The monoisotopic (exact) mass is 337 g/mol. The predicted molar refractivity (Wildman–Crippen MR) is 88.4 cm³/mol. The molecular weight excluding hydrogens is 312 g/mol. The van der Waals surface area contributed by atoms with E-state index in [1.165, 1.54) is 6.07 Å². The van der Waals surface area contributed by atoms with Crippen molar-refractivity contribution in [3.8, 4) is 0 Å². The Morgan fingerprint density at radius 2 is 2.08 bits per heavy atom. The van der Waals surface area contributed by atoms with E-state index in [0.29, 0.717) is 13.1 Å². The predicted octanol–water partition coefficient (Wildman–Crippen LogP) is 1.90. The second-order valence-electron chi connectivity index (χ2n) is 6.92. The molecule has 0 aromatic heterocycles. The fourth-order valence-corrected chi connectivity index (χ4v) is 4.11. The number of rotatable bonds is 4. The molecule has 2 unspecified atom stereocenters. The topological polar surface area (TPSA) is 67.2 Å². The van der Waals surface area contributed by atoms with E-state index in [-0.39, 0.29) is 29.7 Å². The molecule has 4 N–H and O–H groups in total. The van der Waals surface area contributed by atoms with Crippen LogP contribution < -0.4 is 16.4 Å². The summed E-state index contributed by atoms with van der Waals surface area (Å²) in [5.41, 5.74) is 6.51. The number of piperidine rings is 1. The van der Waals surface area contributed by atoms with Crippen molar-refractivity contribution in [1.82, 2.24) is 10.6 Å². The van der Waals surface area contributed by atoms with E-state index in [9.17, 15) is 13.6 Å². The molecule has 0 radical (unpaired) electrons. The van der Waals surface area contributed by atoms with Crippen LogP contribution in [0.2, 0.25) is 0 Å². The Balaban J connectivity index is 1.72. The van der Waals surface area contributed by atoms with Crippen molar-refractivity contribution in [2.24, 2.45) is 17.6 Å². The van der Waals surface area contributed by atoms with Crippen molar-refractivity contribution in [2.75, 3.05) is 19.6 Å². The fourth-order valence-electron chi connectivity index (χ4n) is 4.11. The third-order valence-corrected chi connectivity index (χ3v) is 5.48. The number of nitrogens with two attached hydrogens (primary N) is 1. The molecule has 1 heterocycles. The molecule has 3 rings (SSSR count). The smallest absolute Gasteiger partial charge is 0.223 e. The van der Waals surface area contributed by atoms with Crippen molar-refractivity contribution in [2.45, 2.75) is 37.6 Å². The number of carbonyl (C=O) groups excluding carboxylic acids is 1. The molecule has 24 heavy (non-hydrogen) atoms. The highest BCUT2D eigenvalue weighted by Crippen LogP contribution is 2.32. The number of hydrogen-bond acceptors (Lipinski definition) is 3. The average Bonchev–Trinajstić information content (AvgIpc) is 3.07. The van der Waals surface area contributed by atoms with E-state index >= 15 is 0 Å². The Kier molecular flexibility index (Phi) is 5.46. The SMILES string of the molecule is NC[C@H]1CCC[C@H]1C(=O)NC1CNCCC1c1ccc(F)c(F)c1. The van der Waals surface area contributed by atoms with Gasteiger partial charge >= 0.3 is 0 Å². The Labute approximate surface area is 141 Å². The summed E-state index contributed by atoms with van der Waals surface area (Å²) in [5, 5.41) is 6.41. The van der Waals surface area contributed by atoms with Gasteiger partial charge in [0.15, 0.2) is 11.6 Å². The van der Waals surface area contributed by atoms with Crippen LogP contribution in [-0.4, -0.2) is 31.6 Å². The molecule has 6 heteroatoms. The van der Waals surface area contributed by atoms with Crippen LogP contribution in [0.5, 0.6) is 0 Å². The van der Waals surface area contributed by atoms with Gasteiger partial charge in [-0.25, -0.2) is 8.78 Å². The second kappa shape index (κ2) is 7.57. The number of nitrogens with one attached hydrogen (secondary N) is 2. The molecular formula is C18H25F2N3O. The first-order chi connectivity index (χ1) is 11.6. The summed E-state index contributed by atoms with van der Waals surface area (Å²) >= 11 is 0. The molecule has 132 valence electrons. The molecule has 1 saturated carbocycles. The van der Waals surface area contributed by atoms with Gasteiger partial charge in [-0.1, -0.05) is 12.5 Å². The first-order valence-electron chi connectivity index (χ1n) is 8.76. The van der Waals surface area contributed by atoms with E-state index in [1.54, 1.807) is 6.07 Å². The fraction of sp³-hybridized carbons (Fsp3) is 0.611. The molecule has 4 atom stereocenters. The van der Waals surface area contributed by atoms with Gasteiger partial charge < -0.3 is 16.4 Å². The minimum Gasteiger partial charge on any atom is -0.351 e. The molecule has 1 saturated heterocycles. The highest BCUT2D eigenvalue weighted by Gasteiger charge is 2.35.